The second kappa shape index (κ2) is 18.1. The van der Waals surface area contributed by atoms with E-state index in [1.165, 1.54) is 62.5 Å². The van der Waals surface area contributed by atoms with Gasteiger partial charge in [0, 0.05) is 51.5 Å². The molecule has 0 saturated carbocycles. The number of hydrogen-bond acceptors (Lipinski definition) is 8. The van der Waals surface area contributed by atoms with Gasteiger partial charge in [-0.15, -0.1) is 0 Å². The van der Waals surface area contributed by atoms with Crippen molar-refractivity contribution in [2.24, 2.45) is 23.7 Å². The number of nitrogens with zero attached hydrogens (tertiary/aromatic N) is 4. The van der Waals surface area contributed by atoms with Gasteiger partial charge < -0.3 is 19.6 Å². The predicted molar refractivity (Wildman–Crippen MR) is 241 cm³/mol. The zero-order chi connectivity index (χ0) is 44.9. The predicted octanol–water partition coefficient (Wildman–Crippen LogP) is 6.87. The molecule has 10 nitrogen and oxygen atoms in total. The highest BCUT2D eigenvalue weighted by molar-refractivity contribution is 7.91. The van der Waals surface area contributed by atoms with Crippen LogP contribution in [0.25, 0.3) is 0 Å². The number of carbonyl (C=O) groups is 2. The van der Waals surface area contributed by atoms with Crippen LogP contribution in [-0.4, -0.2) is 113 Å². The summed E-state index contributed by atoms with van der Waals surface area (Å²) in [5, 5.41) is 0. The van der Waals surface area contributed by atoms with Crippen LogP contribution in [0, 0.1) is 35.3 Å². The first-order valence-electron chi connectivity index (χ1n) is 22.8. The average molecular weight is 913 g/mol. The summed E-state index contributed by atoms with van der Waals surface area (Å²) in [6, 6.07) is 22.0. The summed E-state index contributed by atoms with van der Waals surface area (Å²) in [5.41, 5.74) is 5.35. The van der Waals surface area contributed by atoms with Crippen molar-refractivity contribution in [3.63, 3.8) is 0 Å². The maximum Gasteiger partial charge on any atom is 0.223 e. The molecule has 64 heavy (non-hydrogen) atoms. The topological polar surface area (TPSA) is 115 Å². The van der Waals surface area contributed by atoms with Gasteiger partial charge in [0.25, 0.3) is 0 Å². The van der Waals surface area contributed by atoms with Crippen LogP contribution in [0.4, 0.5) is 8.78 Å². The van der Waals surface area contributed by atoms with E-state index in [0.29, 0.717) is 62.4 Å². The number of piperidine rings is 6. The number of carbonyl (C=O) groups excluding carboxylic acids is 2. The lowest BCUT2D eigenvalue weighted by Gasteiger charge is -2.46. The van der Waals surface area contributed by atoms with Crippen molar-refractivity contribution in [2.75, 3.05) is 64.9 Å². The molecule has 4 atom stereocenters. The fraction of sp³-hybridized carbons (Fsp3) is 0.480. The SMILES string of the molecule is CS(=O)(=O)c1ccc2c(c1)[C@@H](c1ccc(F)cc1)N(C(=O)C[C@@H]1CN3CCC1CC3)CC2.CS(=O)(=O)c1ccc2c(c1)[C@H](c1ccc(F)cc1)N(C(=O)C[C@@H]1CN3CCC1CC3)CC2. The Morgan fingerprint density at radius 1 is 0.531 bits per heavy atom. The van der Waals surface area contributed by atoms with Gasteiger partial charge in [-0.05, 0) is 170 Å². The second-order valence-electron chi connectivity index (χ2n) is 19.1. The van der Waals surface area contributed by atoms with Crippen molar-refractivity contribution >= 4 is 31.5 Å². The number of rotatable bonds is 8. The maximum absolute atomic E-state index is 13.7. The fourth-order valence-electron chi connectivity index (χ4n) is 11.5. The molecule has 0 aromatic heterocycles. The van der Waals surface area contributed by atoms with Crippen molar-refractivity contribution in [3.8, 4) is 0 Å². The lowest BCUT2D eigenvalue weighted by Crippen LogP contribution is -2.49. The van der Waals surface area contributed by atoms with Gasteiger partial charge in [-0.2, -0.15) is 0 Å². The molecule has 6 fully saturated rings. The van der Waals surface area contributed by atoms with Gasteiger partial charge in [0.15, 0.2) is 19.7 Å². The molecule has 4 bridgehead atoms. The zero-order valence-electron chi connectivity index (χ0n) is 36.7. The Hall–Kier alpha value is -4.50. The largest absolute Gasteiger partial charge is 0.331 e. The Morgan fingerprint density at radius 3 is 1.20 bits per heavy atom. The maximum atomic E-state index is 13.7. The number of sulfone groups is 2. The van der Waals surface area contributed by atoms with E-state index in [9.17, 15) is 35.2 Å². The average Bonchev–Trinajstić information content (AvgIpc) is 3.29. The summed E-state index contributed by atoms with van der Waals surface area (Å²) in [6.45, 7) is 7.68. The Bertz CT molecular complexity index is 2430. The molecule has 4 aromatic rings. The molecule has 0 aliphatic carbocycles. The van der Waals surface area contributed by atoms with Crippen molar-refractivity contribution in [2.45, 2.75) is 73.2 Å². The summed E-state index contributed by atoms with van der Waals surface area (Å²) >= 11 is 0. The summed E-state index contributed by atoms with van der Waals surface area (Å²) in [5.74, 6) is 1.52. The van der Waals surface area contributed by atoms with Gasteiger partial charge in [0.1, 0.15) is 11.6 Å². The summed E-state index contributed by atoms with van der Waals surface area (Å²) in [7, 11) is -6.77. The van der Waals surface area contributed by atoms with E-state index in [0.717, 1.165) is 72.6 Å². The minimum absolute atomic E-state index is 0.105. The summed E-state index contributed by atoms with van der Waals surface area (Å²) in [4.78, 5) is 36.4. The first-order chi connectivity index (χ1) is 30.6. The molecule has 0 spiro atoms. The van der Waals surface area contributed by atoms with E-state index in [-0.39, 0.29) is 33.2 Å². The number of fused-ring (bicyclic) bond motifs is 8. The normalized spacial score (nSPS) is 27.2. The molecule has 8 heterocycles. The standard InChI is InChI=1S/2C25H29FN2O3S/c2*1-32(30,31)22-7-4-18-10-13-28(24(29)14-20-16-27-11-8-17(20)9-12-27)25(23(18)15-22)19-2-5-21(26)6-3-19/h2*2-7,15,17,20,25H,8-14,16H2,1H3/t20-,25+;20-,25-/m11/s1. The highest BCUT2D eigenvalue weighted by atomic mass is 32.2. The van der Waals surface area contributed by atoms with Crippen LogP contribution in [0.15, 0.2) is 94.7 Å². The van der Waals surface area contributed by atoms with Gasteiger partial charge in [-0.3, -0.25) is 9.59 Å². The molecule has 8 aliphatic heterocycles. The highest BCUT2D eigenvalue weighted by Crippen LogP contribution is 2.42. The first kappa shape index (κ1) is 44.7. The minimum Gasteiger partial charge on any atom is -0.331 e. The van der Waals surface area contributed by atoms with E-state index in [2.05, 4.69) is 9.80 Å². The first-order valence-corrected chi connectivity index (χ1v) is 26.6. The smallest absolute Gasteiger partial charge is 0.223 e. The van der Waals surface area contributed by atoms with Crippen molar-refractivity contribution in [3.05, 3.63) is 130 Å². The Labute approximate surface area is 376 Å². The van der Waals surface area contributed by atoms with Gasteiger partial charge in [-0.1, -0.05) is 36.4 Å². The van der Waals surface area contributed by atoms with Gasteiger partial charge in [0.05, 0.1) is 21.9 Å². The molecule has 0 unspecified atom stereocenters. The summed E-state index contributed by atoms with van der Waals surface area (Å²) in [6.07, 6.45) is 9.45. The molecular formula is C50H58F2N4O6S2. The van der Waals surface area contributed by atoms with Crippen molar-refractivity contribution in [1.82, 2.24) is 19.6 Å². The molecule has 8 aliphatic rings. The van der Waals surface area contributed by atoms with Gasteiger partial charge >= 0.3 is 0 Å². The minimum atomic E-state index is -3.38. The Balaban J connectivity index is 0.000000162. The third-order valence-corrected chi connectivity index (χ3v) is 17.2. The van der Waals surface area contributed by atoms with E-state index in [4.69, 9.17) is 0 Å². The van der Waals surface area contributed by atoms with E-state index < -0.39 is 31.8 Å². The molecule has 12 rings (SSSR count). The lowest BCUT2D eigenvalue weighted by atomic mass is 9.77. The zero-order valence-corrected chi connectivity index (χ0v) is 38.3. The number of halogens is 2. The Morgan fingerprint density at radius 2 is 0.891 bits per heavy atom. The summed E-state index contributed by atoms with van der Waals surface area (Å²) < 4.78 is 76.2. The third kappa shape index (κ3) is 9.43. The van der Waals surface area contributed by atoms with Crippen LogP contribution >= 0.6 is 0 Å². The van der Waals surface area contributed by atoms with Crippen LogP contribution in [0.5, 0.6) is 0 Å². The van der Waals surface area contributed by atoms with E-state index in [1.807, 2.05) is 21.9 Å². The molecule has 340 valence electrons. The molecular weight excluding hydrogens is 855 g/mol. The fourth-order valence-corrected chi connectivity index (χ4v) is 12.8. The number of hydrogen-bond donors (Lipinski definition) is 0. The second-order valence-corrected chi connectivity index (χ2v) is 23.1. The van der Waals surface area contributed by atoms with Gasteiger partial charge in [-0.25, -0.2) is 25.6 Å². The molecule has 14 heteroatoms. The molecule has 4 aromatic carbocycles. The van der Waals surface area contributed by atoms with E-state index in [1.54, 1.807) is 48.5 Å². The van der Waals surface area contributed by atoms with Crippen molar-refractivity contribution in [1.29, 1.82) is 0 Å². The third-order valence-electron chi connectivity index (χ3n) is 15.0. The van der Waals surface area contributed by atoms with Crippen LogP contribution in [-0.2, 0) is 42.1 Å². The Kier molecular flexibility index (Phi) is 12.6. The van der Waals surface area contributed by atoms with Crippen molar-refractivity contribution < 1.29 is 35.2 Å². The number of amides is 2. The highest BCUT2D eigenvalue weighted by Gasteiger charge is 2.41. The molecule has 0 N–H and O–H groups in total. The quantitative estimate of drug-likeness (QED) is 0.188. The van der Waals surface area contributed by atoms with Crippen LogP contribution in [0.2, 0.25) is 0 Å². The molecule has 0 radical (unpaired) electrons. The van der Waals surface area contributed by atoms with E-state index >= 15 is 0 Å². The van der Waals surface area contributed by atoms with Crippen LogP contribution < -0.4 is 0 Å². The monoisotopic (exact) mass is 912 g/mol. The lowest BCUT2D eigenvalue weighted by molar-refractivity contribution is -0.136. The van der Waals surface area contributed by atoms with Crippen LogP contribution in [0.1, 0.15) is 84.0 Å². The molecule has 6 saturated heterocycles. The van der Waals surface area contributed by atoms with Crippen LogP contribution in [0.3, 0.4) is 0 Å². The van der Waals surface area contributed by atoms with Gasteiger partial charge in [0.2, 0.25) is 11.8 Å². The molecule has 2 amide bonds. The number of benzene rings is 4.